The van der Waals surface area contributed by atoms with Crippen LogP contribution in [0.15, 0.2) is 30.6 Å². The molecule has 1 heterocycles. The van der Waals surface area contributed by atoms with E-state index < -0.39 is 0 Å². The monoisotopic (exact) mass is 275 g/mol. The van der Waals surface area contributed by atoms with Gasteiger partial charge in [0.25, 0.3) is 0 Å². The molecule has 1 unspecified atom stereocenters. The molecule has 0 bridgehead atoms. The number of hydrogen-bond acceptors (Lipinski definition) is 4. The predicted molar refractivity (Wildman–Crippen MR) is 78.3 cm³/mol. The molecule has 0 fully saturated rings. The van der Waals surface area contributed by atoms with Crippen LogP contribution < -0.4 is 14.8 Å². The SMILES string of the molecule is COc1ccc(C(C)NCCc2ncc[nH]2)cc1OC. The molecular weight excluding hydrogens is 254 g/mol. The molecule has 5 nitrogen and oxygen atoms in total. The van der Waals surface area contributed by atoms with E-state index >= 15 is 0 Å². The molecule has 0 spiro atoms. The maximum atomic E-state index is 5.32. The van der Waals surface area contributed by atoms with Crippen LogP contribution in [0.3, 0.4) is 0 Å². The Morgan fingerprint density at radius 3 is 2.70 bits per heavy atom. The molecule has 0 aliphatic carbocycles. The van der Waals surface area contributed by atoms with Gasteiger partial charge in [0.1, 0.15) is 5.82 Å². The smallest absolute Gasteiger partial charge is 0.161 e. The van der Waals surface area contributed by atoms with E-state index in [1.807, 2.05) is 24.4 Å². The van der Waals surface area contributed by atoms with E-state index in [9.17, 15) is 0 Å². The number of aromatic amines is 1. The molecule has 0 aliphatic rings. The van der Waals surface area contributed by atoms with Crippen LogP contribution in [-0.2, 0) is 6.42 Å². The zero-order valence-electron chi connectivity index (χ0n) is 12.1. The molecule has 2 N–H and O–H groups in total. The summed E-state index contributed by atoms with van der Waals surface area (Å²) in [4.78, 5) is 7.30. The first-order chi connectivity index (χ1) is 9.74. The van der Waals surface area contributed by atoms with Gasteiger partial charge in [-0.25, -0.2) is 4.98 Å². The highest BCUT2D eigenvalue weighted by molar-refractivity contribution is 5.43. The van der Waals surface area contributed by atoms with Gasteiger partial charge in [0.05, 0.1) is 14.2 Å². The van der Waals surface area contributed by atoms with Crippen molar-refractivity contribution in [3.8, 4) is 11.5 Å². The van der Waals surface area contributed by atoms with Gasteiger partial charge in [-0.05, 0) is 24.6 Å². The number of nitrogens with zero attached hydrogens (tertiary/aromatic N) is 1. The lowest BCUT2D eigenvalue weighted by Crippen LogP contribution is -2.21. The molecule has 1 atom stereocenters. The summed E-state index contributed by atoms with van der Waals surface area (Å²) in [7, 11) is 3.29. The van der Waals surface area contributed by atoms with Crippen LogP contribution in [0.4, 0.5) is 0 Å². The van der Waals surface area contributed by atoms with Crippen LogP contribution in [0, 0.1) is 0 Å². The topological polar surface area (TPSA) is 59.2 Å². The Bertz CT molecular complexity index is 526. The lowest BCUT2D eigenvalue weighted by molar-refractivity contribution is 0.354. The standard InChI is InChI=1S/C15H21N3O2/c1-11(16-7-6-15-17-8-9-18-15)12-4-5-13(19-2)14(10-12)20-3/h4-5,8-11,16H,6-7H2,1-3H3,(H,17,18). The first-order valence-corrected chi connectivity index (χ1v) is 6.68. The highest BCUT2D eigenvalue weighted by Gasteiger charge is 2.09. The number of aromatic nitrogens is 2. The van der Waals surface area contributed by atoms with Crippen LogP contribution in [0.25, 0.3) is 0 Å². The molecule has 1 aromatic heterocycles. The third kappa shape index (κ3) is 3.51. The summed E-state index contributed by atoms with van der Waals surface area (Å²) < 4.78 is 10.6. The number of imidazole rings is 1. The van der Waals surface area contributed by atoms with Gasteiger partial charge in [0.2, 0.25) is 0 Å². The fourth-order valence-corrected chi connectivity index (χ4v) is 2.08. The molecule has 108 valence electrons. The van der Waals surface area contributed by atoms with E-state index in [-0.39, 0.29) is 6.04 Å². The summed E-state index contributed by atoms with van der Waals surface area (Å²) in [6.45, 7) is 2.99. The summed E-state index contributed by atoms with van der Waals surface area (Å²) in [5, 5.41) is 3.47. The third-order valence-electron chi connectivity index (χ3n) is 3.27. The van der Waals surface area contributed by atoms with E-state index in [0.717, 1.165) is 30.3 Å². The molecule has 5 heteroatoms. The van der Waals surface area contributed by atoms with Crippen molar-refractivity contribution in [2.24, 2.45) is 0 Å². The molecule has 0 saturated carbocycles. The van der Waals surface area contributed by atoms with E-state index in [1.54, 1.807) is 20.4 Å². The Morgan fingerprint density at radius 2 is 2.05 bits per heavy atom. The molecule has 0 amide bonds. The number of rotatable bonds is 7. The van der Waals surface area contributed by atoms with Crippen molar-refractivity contribution in [2.45, 2.75) is 19.4 Å². The van der Waals surface area contributed by atoms with E-state index in [1.165, 1.54) is 5.56 Å². The minimum Gasteiger partial charge on any atom is -0.493 e. The van der Waals surface area contributed by atoms with Crippen molar-refractivity contribution >= 4 is 0 Å². The van der Waals surface area contributed by atoms with Gasteiger partial charge in [-0.1, -0.05) is 6.07 Å². The first kappa shape index (κ1) is 14.4. The highest BCUT2D eigenvalue weighted by Crippen LogP contribution is 2.29. The van der Waals surface area contributed by atoms with Crippen molar-refractivity contribution in [1.82, 2.24) is 15.3 Å². The molecule has 2 aromatic rings. The highest BCUT2D eigenvalue weighted by atomic mass is 16.5. The van der Waals surface area contributed by atoms with Gasteiger partial charge in [-0.3, -0.25) is 0 Å². The second kappa shape index (κ2) is 6.96. The number of hydrogen-bond donors (Lipinski definition) is 2. The average Bonchev–Trinajstić information content (AvgIpc) is 2.99. The van der Waals surface area contributed by atoms with Crippen molar-refractivity contribution in [2.75, 3.05) is 20.8 Å². The minimum atomic E-state index is 0.241. The Balaban J connectivity index is 1.93. The van der Waals surface area contributed by atoms with E-state index in [0.29, 0.717) is 0 Å². The fraction of sp³-hybridized carbons (Fsp3) is 0.400. The predicted octanol–water partition coefficient (Wildman–Crippen LogP) is 2.32. The van der Waals surface area contributed by atoms with Gasteiger partial charge in [-0.2, -0.15) is 0 Å². The molecule has 0 radical (unpaired) electrons. The molecule has 2 rings (SSSR count). The Kier molecular flexibility index (Phi) is 5.01. The zero-order valence-corrected chi connectivity index (χ0v) is 12.1. The van der Waals surface area contributed by atoms with Crippen molar-refractivity contribution < 1.29 is 9.47 Å². The largest absolute Gasteiger partial charge is 0.493 e. The zero-order chi connectivity index (χ0) is 14.4. The minimum absolute atomic E-state index is 0.241. The van der Waals surface area contributed by atoms with Crippen LogP contribution in [0.2, 0.25) is 0 Å². The number of benzene rings is 1. The van der Waals surface area contributed by atoms with Crippen molar-refractivity contribution in [3.05, 3.63) is 42.0 Å². The Morgan fingerprint density at radius 1 is 1.25 bits per heavy atom. The summed E-state index contributed by atoms with van der Waals surface area (Å²) in [6, 6.07) is 6.22. The van der Waals surface area contributed by atoms with Crippen LogP contribution in [0.5, 0.6) is 11.5 Å². The summed E-state index contributed by atoms with van der Waals surface area (Å²) in [6.07, 6.45) is 4.49. The number of methoxy groups -OCH3 is 2. The Labute approximate surface area is 119 Å². The second-order valence-corrected chi connectivity index (χ2v) is 4.58. The van der Waals surface area contributed by atoms with Crippen molar-refractivity contribution in [1.29, 1.82) is 0 Å². The van der Waals surface area contributed by atoms with Crippen molar-refractivity contribution in [3.63, 3.8) is 0 Å². The lowest BCUT2D eigenvalue weighted by atomic mass is 10.1. The van der Waals surface area contributed by atoms with Gasteiger partial charge < -0.3 is 19.8 Å². The lowest BCUT2D eigenvalue weighted by Gasteiger charge is -2.16. The van der Waals surface area contributed by atoms with Crippen LogP contribution in [0.1, 0.15) is 24.4 Å². The maximum Gasteiger partial charge on any atom is 0.161 e. The van der Waals surface area contributed by atoms with Crippen LogP contribution >= 0.6 is 0 Å². The summed E-state index contributed by atoms with van der Waals surface area (Å²) in [5.41, 5.74) is 1.17. The fourth-order valence-electron chi connectivity index (χ4n) is 2.08. The average molecular weight is 275 g/mol. The number of H-pyrrole nitrogens is 1. The first-order valence-electron chi connectivity index (χ1n) is 6.68. The second-order valence-electron chi connectivity index (χ2n) is 4.58. The summed E-state index contributed by atoms with van der Waals surface area (Å²) in [5.74, 6) is 2.50. The maximum absolute atomic E-state index is 5.32. The molecule has 20 heavy (non-hydrogen) atoms. The van der Waals surface area contributed by atoms with E-state index in [4.69, 9.17) is 9.47 Å². The van der Waals surface area contributed by atoms with Gasteiger partial charge >= 0.3 is 0 Å². The summed E-state index contributed by atoms with van der Waals surface area (Å²) >= 11 is 0. The molecule has 0 aliphatic heterocycles. The van der Waals surface area contributed by atoms with Gasteiger partial charge in [0.15, 0.2) is 11.5 Å². The van der Waals surface area contributed by atoms with Gasteiger partial charge in [-0.15, -0.1) is 0 Å². The Hall–Kier alpha value is -2.01. The normalized spacial score (nSPS) is 12.2. The molecular formula is C15H21N3O2. The third-order valence-corrected chi connectivity index (χ3v) is 3.27. The number of nitrogens with one attached hydrogen (secondary N) is 2. The molecule has 1 aromatic carbocycles. The van der Waals surface area contributed by atoms with E-state index in [2.05, 4.69) is 22.2 Å². The quantitative estimate of drug-likeness (QED) is 0.814. The van der Waals surface area contributed by atoms with Crippen LogP contribution in [-0.4, -0.2) is 30.7 Å². The molecule has 0 saturated heterocycles. The van der Waals surface area contributed by atoms with Gasteiger partial charge in [0, 0.05) is 31.4 Å². The number of ether oxygens (including phenoxy) is 2.